The third kappa shape index (κ3) is 12.5. The van der Waals surface area contributed by atoms with Crippen LogP contribution < -0.4 is 10.1 Å². The SMILES string of the molecule is CCCCCCCCCCCCCCOc1cc(C(C)(C)C)ccc1CC(=O)Nc1ccc(CN2CSC=C2C)cc1. The molecule has 0 unspecified atom stereocenters. The van der Waals surface area contributed by atoms with Crippen molar-refractivity contribution in [2.24, 2.45) is 0 Å². The molecule has 0 aliphatic carbocycles. The Labute approximate surface area is 261 Å². The highest BCUT2D eigenvalue weighted by Crippen LogP contribution is 2.30. The fourth-order valence-electron chi connectivity index (χ4n) is 5.31. The quantitative estimate of drug-likeness (QED) is 0.165. The molecule has 232 valence electrons. The number of amides is 1. The lowest BCUT2D eigenvalue weighted by Gasteiger charge is -2.21. The molecule has 4 nitrogen and oxygen atoms in total. The van der Waals surface area contributed by atoms with Gasteiger partial charge in [0, 0.05) is 23.5 Å². The molecular formula is C37H56N2O2S. The van der Waals surface area contributed by atoms with E-state index in [4.69, 9.17) is 4.74 Å². The molecule has 42 heavy (non-hydrogen) atoms. The number of hydrogen-bond acceptors (Lipinski definition) is 4. The van der Waals surface area contributed by atoms with E-state index in [-0.39, 0.29) is 11.3 Å². The largest absolute Gasteiger partial charge is 0.493 e. The van der Waals surface area contributed by atoms with Gasteiger partial charge in [-0.2, -0.15) is 0 Å². The van der Waals surface area contributed by atoms with E-state index in [1.807, 2.05) is 23.9 Å². The Morgan fingerprint density at radius 2 is 1.50 bits per heavy atom. The molecule has 1 aliphatic rings. The molecule has 0 fully saturated rings. The van der Waals surface area contributed by atoms with E-state index in [9.17, 15) is 4.79 Å². The summed E-state index contributed by atoms with van der Waals surface area (Å²) in [6, 6.07) is 14.6. The van der Waals surface area contributed by atoms with Gasteiger partial charge in [-0.1, -0.05) is 123 Å². The minimum atomic E-state index is -0.0174. The number of thioether (sulfide) groups is 1. The normalized spacial score (nSPS) is 13.4. The Balaban J connectivity index is 1.43. The van der Waals surface area contributed by atoms with Crippen LogP contribution >= 0.6 is 11.8 Å². The fraction of sp³-hybridized carbons (Fsp3) is 0.595. The summed E-state index contributed by atoms with van der Waals surface area (Å²) in [7, 11) is 0. The Morgan fingerprint density at radius 1 is 0.881 bits per heavy atom. The summed E-state index contributed by atoms with van der Waals surface area (Å²) in [6.45, 7) is 12.7. The first-order valence-corrected chi connectivity index (χ1v) is 17.5. The van der Waals surface area contributed by atoms with E-state index >= 15 is 0 Å². The van der Waals surface area contributed by atoms with Crippen molar-refractivity contribution in [3.05, 3.63) is 70.3 Å². The average molecular weight is 593 g/mol. The lowest BCUT2D eigenvalue weighted by Crippen LogP contribution is -2.17. The maximum Gasteiger partial charge on any atom is 0.228 e. The van der Waals surface area contributed by atoms with Crippen LogP contribution in [0.2, 0.25) is 0 Å². The van der Waals surface area contributed by atoms with Gasteiger partial charge >= 0.3 is 0 Å². The first-order chi connectivity index (χ1) is 20.3. The fourth-order valence-corrected chi connectivity index (χ4v) is 6.25. The minimum absolute atomic E-state index is 0.0174. The number of allylic oxidation sites excluding steroid dienone is 1. The molecular weight excluding hydrogens is 536 g/mol. The number of ether oxygens (including phenoxy) is 1. The summed E-state index contributed by atoms with van der Waals surface area (Å²) in [5.74, 6) is 1.83. The van der Waals surface area contributed by atoms with Gasteiger partial charge in [0.2, 0.25) is 5.91 Å². The first kappa shape index (κ1) is 34.1. The number of benzene rings is 2. The Morgan fingerprint density at radius 3 is 2.07 bits per heavy atom. The van der Waals surface area contributed by atoms with Gasteiger partial charge in [0.1, 0.15) is 5.75 Å². The topological polar surface area (TPSA) is 41.6 Å². The second kappa shape index (κ2) is 18.3. The third-order valence-electron chi connectivity index (χ3n) is 8.13. The summed E-state index contributed by atoms with van der Waals surface area (Å²) < 4.78 is 6.31. The van der Waals surface area contributed by atoms with Crippen LogP contribution in [0.1, 0.15) is 128 Å². The Hall–Kier alpha value is -2.40. The van der Waals surface area contributed by atoms with Crippen LogP contribution in [0.5, 0.6) is 5.75 Å². The smallest absolute Gasteiger partial charge is 0.228 e. The van der Waals surface area contributed by atoms with Gasteiger partial charge in [0.15, 0.2) is 0 Å². The molecule has 0 radical (unpaired) electrons. The molecule has 0 bridgehead atoms. The molecule has 0 spiro atoms. The van der Waals surface area contributed by atoms with E-state index in [1.54, 1.807) is 0 Å². The van der Waals surface area contributed by atoms with Crippen molar-refractivity contribution in [2.45, 2.75) is 130 Å². The van der Waals surface area contributed by atoms with Crippen LogP contribution in [0, 0.1) is 0 Å². The molecule has 1 amide bonds. The summed E-state index contributed by atoms with van der Waals surface area (Å²) >= 11 is 1.84. The molecule has 5 heteroatoms. The lowest BCUT2D eigenvalue weighted by molar-refractivity contribution is -0.115. The average Bonchev–Trinajstić information content (AvgIpc) is 3.36. The van der Waals surface area contributed by atoms with E-state index in [1.165, 1.54) is 87.5 Å². The summed E-state index contributed by atoms with van der Waals surface area (Å²) in [5.41, 5.74) is 5.59. The Bertz CT molecular complexity index is 1100. The molecule has 2 aromatic rings. The van der Waals surface area contributed by atoms with E-state index in [2.05, 4.69) is 80.6 Å². The van der Waals surface area contributed by atoms with Gasteiger partial charge in [-0.25, -0.2) is 0 Å². The number of carbonyl (C=O) groups excluding carboxylic acids is 1. The van der Waals surface area contributed by atoms with Gasteiger partial charge < -0.3 is 15.0 Å². The zero-order valence-electron chi connectivity index (χ0n) is 27.1. The van der Waals surface area contributed by atoms with Crippen molar-refractivity contribution in [1.29, 1.82) is 0 Å². The number of anilines is 1. The van der Waals surface area contributed by atoms with Crippen LogP contribution in [0.4, 0.5) is 5.69 Å². The van der Waals surface area contributed by atoms with Crippen molar-refractivity contribution in [1.82, 2.24) is 4.90 Å². The van der Waals surface area contributed by atoms with Crippen LogP contribution in [0.15, 0.2) is 53.6 Å². The molecule has 3 rings (SSSR count). The predicted molar refractivity (Wildman–Crippen MR) is 182 cm³/mol. The molecule has 2 aromatic carbocycles. The molecule has 0 saturated heterocycles. The molecule has 1 N–H and O–H groups in total. The van der Waals surface area contributed by atoms with Crippen LogP contribution in [0.25, 0.3) is 0 Å². The lowest BCUT2D eigenvalue weighted by atomic mass is 9.86. The van der Waals surface area contributed by atoms with Crippen LogP contribution in [0.3, 0.4) is 0 Å². The van der Waals surface area contributed by atoms with Crippen molar-refractivity contribution in [2.75, 3.05) is 17.8 Å². The molecule has 0 aromatic heterocycles. The molecule has 1 aliphatic heterocycles. The standard InChI is InChI=1S/C37H56N2O2S/c1-6-7-8-9-10-11-12-13-14-15-16-17-24-41-35-26-33(37(3,4)5)21-20-32(35)25-36(40)38-34-22-18-31(19-23-34)27-39-29-42-28-30(39)2/h18-23,26,28H,6-17,24-25,27,29H2,1-5H3,(H,38,40). The van der Waals surface area contributed by atoms with Gasteiger partial charge in [0.25, 0.3) is 0 Å². The molecule has 1 heterocycles. The number of nitrogens with one attached hydrogen (secondary N) is 1. The number of carbonyl (C=O) groups is 1. The van der Waals surface area contributed by atoms with Crippen molar-refractivity contribution in [3.8, 4) is 5.75 Å². The number of hydrogen-bond donors (Lipinski definition) is 1. The minimum Gasteiger partial charge on any atom is -0.493 e. The van der Waals surface area contributed by atoms with Gasteiger partial charge in [-0.05, 0) is 53.5 Å². The van der Waals surface area contributed by atoms with E-state index < -0.39 is 0 Å². The van der Waals surface area contributed by atoms with Crippen molar-refractivity contribution in [3.63, 3.8) is 0 Å². The highest BCUT2D eigenvalue weighted by atomic mass is 32.2. The predicted octanol–water partition coefficient (Wildman–Crippen LogP) is 10.6. The monoisotopic (exact) mass is 592 g/mol. The van der Waals surface area contributed by atoms with Gasteiger partial charge in [0.05, 0.1) is 18.9 Å². The van der Waals surface area contributed by atoms with Crippen LogP contribution in [-0.2, 0) is 23.2 Å². The van der Waals surface area contributed by atoms with Gasteiger partial charge in [-0.3, -0.25) is 4.79 Å². The van der Waals surface area contributed by atoms with Gasteiger partial charge in [-0.15, -0.1) is 11.8 Å². The summed E-state index contributed by atoms with van der Waals surface area (Å²) in [4.78, 5) is 15.4. The highest BCUT2D eigenvalue weighted by Gasteiger charge is 2.18. The molecule has 0 atom stereocenters. The highest BCUT2D eigenvalue weighted by molar-refractivity contribution is 8.02. The van der Waals surface area contributed by atoms with Crippen molar-refractivity contribution < 1.29 is 9.53 Å². The summed E-state index contributed by atoms with van der Waals surface area (Å²) in [5, 5.41) is 5.29. The van der Waals surface area contributed by atoms with E-state index in [0.717, 1.165) is 35.8 Å². The second-order valence-corrected chi connectivity index (χ2v) is 13.8. The second-order valence-electron chi connectivity index (χ2n) is 13.0. The number of unbranched alkanes of at least 4 members (excludes halogenated alkanes) is 11. The maximum atomic E-state index is 13.0. The molecule has 0 saturated carbocycles. The van der Waals surface area contributed by atoms with Crippen LogP contribution in [-0.4, -0.2) is 23.3 Å². The Kier molecular flexibility index (Phi) is 14.9. The number of nitrogens with zero attached hydrogens (tertiary/aromatic N) is 1. The van der Waals surface area contributed by atoms with E-state index in [0.29, 0.717) is 13.0 Å². The number of rotatable bonds is 19. The third-order valence-corrected chi connectivity index (χ3v) is 9.10. The van der Waals surface area contributed by atoms with Crippen molar-refractivity contribution >= 4 is 23.4 Å². The summed E-state index contributed by atoms with van der Waals surface area (Å²) in [6.07, 6.45) is 16.3. The maximum absolute atomic E-state index is 13.0. The zero-order valence-corrected chi connectivity index (χ0v) is 27.9. The zero-order chi connectivity index (χ0) is 30.2. The first-order valence-electron chi connectivity index (χ1n) is 16.4.